The number of carbonyl (C=O) groups is 2. The maximum atomic E-state index is 11.8. The molecule has 0 aliphatic rings. The first-order valence-corrected chi connectivity index (χ1v) is 7.97. The zero-order valence-electron chi connectivity index (χ0n) is 12.8. The maximum Gasteiger partial charge on any atom is 0.329 e. The highest BCUT2D eigenvalue weighted by molar-refractivity contribution is 6.43. The van der Waals surface area contributed by atoms with Crippen molar-refractivity contribution in [1.82, 2.24) is 5.43 Å². The summed E-state index contributed by atoms with van der Waals surface area (Å²) in [5.74, 6) is -1.41. The molecule has 2 aromatic rings. The Bertz CT molecular complexity index is 841. The van der Waals surface area contributed by atoms with Crippen molar-refractivity contribution >= 4 is 58.5 Å². The van der Waals surface area contributed by atoms with Gasteiger partial charge >= 0.3 is 11.8 Å². The van der Waals surface area contributed by atoms with Crippen LogP contribution in [0.4, 0.5) is 5.69 Å². The predicted molar refractivity (Wildman–Crippen MR) is 98.8 cm³/mol. The van der Waals surface area contributed by atoms with E-state index in [1.807, 2.05) is 0 Å². The highest BCUT2D eigenvalue weighted by Crippen LogP contribution is 2.27. The fourth-order valence-corrected chi connectivity index (χ4v) is 2.38. The topological polar surface area (TPSA) is 79.8 Å². The minimum absolute atomic E-state index is 0.291. The number of ether oxygens (including phenoxy) is 1. The van der Waals surface area contributed by atoms with Crippen LogP contribution in [0.3, 0.4) is 0 Å². The second kappa shape index (κ2) is 8.71. The minimum Gasteiger partial charge on any atom is -0.495 e. The summed E-state index contributed by atoms with van der Waals surface area (Å²) in [5, 5.41) is 7.01. The van der Waals surface area contributed by atoms with Gasteiger partial charge in [0.15, 0.2) is 0 Å². The molecule has 0 heterocycles. The molecule has 0 unspecified atom stereocenters. The molecule has 2 N–H and O–H groups in total. The molecule has 0 radical (unpaired) electrons. The van der Waals surface area contributed by atoms with Gasteiger partial charge in [-0.1, -0.05) is 46.9 Å². The van der Waals surface area contributed by atoms with Crippen molar-refractivity contribution in [3.63, 3.8) is 0 Å². The quantitative estimate of drug-likeness (QED) is 0.466. The zero-order chi connectivity index (χ0) is 18.4. The van der Waals surface area contributed by atoms with Crippen LogP contribution in [0.5, 0.6) is 5.75 Å². The van der Waals surface area contributed by atoms with E-state index in [1.54, 1.807) is 30.3 Å². The van der Waals surface area contributed by atoms with E-state index in [4.69, 9.17) is 39.5 Å². The molecule has 9 heteroatoms. The van der Waals surface area contributed by atoms with E-state index in [1.165, 1.54) is 19.4 Å². The smallest absolute Gasteiger partial charge is 0.329 e. The number of hydrazone groups is 1. The summed E-state index contributed by atoms with van der Waals surface area (Å²) in [4.78, 5) is 23.6. The van der Waals surface area contributed by atoms with Crippen molar-refractivity contribution in [3.8, 4) is 5.75 Å². The number of anilines is 1. The second-order valence-electron chi connectivity index (χ2n) is 4.65. The van der Waals surface area contributed by atoms with Crippen molar-refractivity contribution < 1.29 is 14.3 Å². The molecule has 0 aliphatic carbocycles. The average molecular weight is 401 g/mol. The van der Waals surface area contributed by atoms with Gasteiger partial charge in [-0.05, 0) is 24.3 Å². The molecule has 0 aliphatic heterocycles. The Morgan fingerprint density at radius 1 is 1.08 bits per heavy atom. The summed E-state index contributed by atoms with van der Waals surface area (Å²) in [5.41, 5.74) is 2.93. The van der Waals surface area contributed by atoms with Gasteiger partial charge < -0.3 is 10.1 Å². The summed E-state index contributed by atoms with van der Waals surface area (Å²) in [6, 6.07) is 9.52. The summed E-state index contributed by atoms with van der Waals surface area (Å²) in [6.07, 6.45) is 1.28. The van der Waals surface area contributed by atoms with Crippen LogP contribution in [0, 0.1) is 0 Å². The van der Waals surface area contributed by atoms with E-state index in [0.29, 0.717) is 32.1 Å². The summed E-state index contributed by atoms with van der Waals surface area (Å²) >= 11 is 17.8. The molecular formula is C16H12Cl3N3O3. The van der Waals surface area contributed by atoms with Crippen LogP contribution < -0.4 is 15.5 Å². The zero-order valence-corrected chi connectivity index (χ0v) is 15.1. The van der Waals surface area contributed by atoms with Gasteiger partial charge in [-0.15, -0.1) is 0 Å². The number of benzene rings is 2. The van der Waals surface area contributed by atoms with Crippen molar-refractivity contribution in [2.45, 2.75) is 0 Å². The molecule has 0 saturated carbocycles. The number of halogens is 3. The summed E-state index contributed by atoms with van der Waals surface area (Å²) in [7, 11) is 1.47. The van der Waals surface area contributed by atoms with E-state index in [-0.39, 0.29) is 0 Å². The first-order chi connectivity index (χ1) is 11.9. The van der Waals surface area contributed by atoms with Crippen molar-refractivity contribution in [2.75, 3.05) is 12.4 Å². The fraction of sp³-hybridized carbons (Fsp3) is 0.0625. The third-order valence-corrected chi connectivity index (χ3v) is 4.10. The lowest BCUT2D eigenvalue weighted by molar-refractivity contribution is -0.136. The number of hydrogen-bond donors (Lipinski definition) is 2. The molecule has 0 fully saturated rings. The first-order valence-electron chi connectivity index (χ1n) is 6.84. The van der Waals surface area contributed by atoms with Crippen molar-refractivity contribution in [1.29, 1.82) is 0 Å². The standard InChI is InChI=1S/C16H12Cl3N3O3/c1-25-13-6-5-10(7-12(13)18)21-15(23)16(24)22-20-8-9-3-2-4-11(17)14(9)19/h2-8H,1H3,(H,21,23)(H,22,24)/b20-8-. The molecule has 0 atom stereocenters. The van der Waals surface area contributed by atoms with Crippen LogP contribution in [0.2, 0.25) is 15.1 Å². The summed E-state index contributed by atoms with van der Waals surface area (Å²) in [6.45, 7) is 0. The van der Waals surface area contributed by atoms with Gasteiger partial charge in [0, 0.05) is 11.3 Å². The number of amides is 2. The highest BCUT2D eigenvalue weighted by atomic mass is 35.5. The number of methoxy groups -OCH3 is 1. The second-order valence-corrected chi connectivity index (χ2v) is 5.84. The monoisotopic (exact) mass is 399 g/mol. The SMILES string of the molecule is COc1ccc(NC(=O)C(=O)N/N=C\c2cccc(Cl)c2Cl)cc1Cl. The van der Waals surface area contributed by atoms with Crippen LogP contribution in [-0.4, -0.2) is 25.1 Å². The average Bonchev–Trinajstić information content (AvgIpc) is 2.58. The number of nitrogens with zero attached hydrogens (tertiary/aromatic N) is 1. The molecule has 2 rings (SSSR count). The van der Waals surface area contributed by atoms with Gasteiger partial charge in [0.25, 0.3) is 0 Å². The molecule has 0 aromatic heterocycles. The fourth-order valence-electron chi connectivity index (χ4n) is 1.76. The maximum absolute atomic E-state index is 11.8. The highest BCUT2D eigenvalue weighted by Gasteiger charge is 2.14. The lowest BCUT2D eigenvalue weighted by atomic mass is 10.2. The minimum atomic E-state index is -0.957. The van der Waals surface area contributed by atoms with Gasteiger partial charge in [0.2, 0.25) is 0 Å². The van der Waals surface area contributed by atoms with E-state index in [2.05, 4.69) is 15.8 Å². The van der Waals surface area contributed by atoms with Crippen LogP contribution >= 0.6 is 34.8 Å². The predicted octanol–water partition coefficient (Wildman–Crippen LogP) is 3.74. The van der Waals surface area contributed by atoms with Crippen molar-refractivity contribution in [3.05, 3.63) is 57.0 Å². The molecule has 2 aromatic carbocycles. The molecule has 0 saturated heterocycles. The molecule has 0 spiro atoms. The first kappa shape index (κ1) is 19.1. The number of nitrogens with one attached hydrogen (secondary N) is 2. The van der Waals surface area contributed by atoms with Gasteiger partial charge in [-0.2, -0.15) is 5.10 Å². The normalized spacial score (nSPS) is 10.6. The van der Waals surface area contributed by atoms with Gasteiger partial charge in [0.1, 0.15) is 5.75 Å². The van der Waals surface area contributed by atoms with E-state index < -0.39 is 11.8 Å². The number of rotatable bonds is 4. The number of hydrogen-bond acceptors (Lipinski definition) is 4. The molecule has 25 heavy (non-hydrogen) atoms. The number of carbonyl (C=O) groups excluding carboxylic acids is 2. The lowest BCUT2D eigenvalue weighted by Gasteiger charge is -2.07. The molecule has 2 amide bonds. The van der Waals surface area contributed by atoms with Gasteiger partial charge in [-0.25, -0.2) is 5.43 Å². The third kappa shape index (κ3) is 5.09. The molecule has 0 bridgehead atoms. The Morgan fingerprint density at radius 2 is 1.84 bits per heavy atom. The Kier molecular flexibility index (Phi) is 6.64. The van der Waals surface area contributed by atoms with E-state index in [9.17, 15) is 9.59 Å². The molecular weight excluding hydrogens is 389 g/mol. The Hall–Kier alpha value is -2.28. The van der Waals surface area contributed by atoms with E-state index >= 15 is 0 Å². The van der Waals surface area contributed by atoms with Crippen LogP contribution in [0.15, 0.2) is 41.5 Å². The van der Waals surface area contributed by atoms with Gasteiger partial charge in [-0.3, -0.25) is 9.59 Å². The molecule has 6 nitrogen and oxygen atoms in total. The van der Waals surface area contributed by atoms with E-state index in [0.717, 1.165) is 0 Å². The summed E-state index contributed by atoms with van der Waals surface area (Å²) < 4.78 is 5.00. The Balaban J connectivity index is 1.96. The Morgan fingerprint density at radius 3 is 2.52 bits per heavy atom. The van der Waals surface area contributed by atoms with Crippen LogP contribution in [-0.2, 0) is 9.59 Å². The van der Waals surface area contributed by atoms with Crippen LogP contribution in [0.1, 0.15) is 5.56 Å². The lowest BCUT2D eigenvalue weighted by Crippen LogP contribution is -2.32. The Labute approximate surface area is 158 Å². The largest absolute Gasteiger partial charge is 0.495 e. The van der Waals surface area contributed by atoms with Crippen molar-refractivity contribution in [2.24, 2.45) is 5.10 Å². The third-order valence-electron chi connectivity index (χ3n) is 2.97. The van der Waals surface area contributed by atoms with Gasteiger partial charge in [0.05, 0.1) is 28.4 Å². The van der Waals surface area contributed by atoms with Crippen LogP contribution in [0.25, 0.3) is 0 Å². The molecule has 130 valence electrons.